The predicted octanol–water partition coefficient (Wildman–Crippen LogP) is 3.62. The lowest BCUT2D eigenvalue weighted by Crippen LogP contribution is -2.26. The van der Waals surface area contributed by atoms with E-state index in [1.165, 1.54) is 25.1 Å². The Morgan fingerprint density at radius 2 is 1.93 bits per heavy atom. The van der Waals surface area contributed by atoms with Crippen molar-refractivity contribution in [1.29, 1.82) is 0 Å². The molecule has 0 amide bonds. The van der Waals surface area contributed by atoms with E-state index in [0.29, 0.717) is 0 Å². The summed E-state index contributed by atoms with van der Waals surface area (Å²) in [5.41, 5.74) is 10.9. The van der Waals surface area contributed by atoms with E-state index in [2.05, 4.69) is 15.3 Å². The third-order valence-electron chi connectivity index (χ3n) is 4.25. The zero-order chi connectivity index (χ0) is 21.3. The zero-order valence-electron chi connectivity index (χ0n) is 15.5. The number of nitrogens with zero attached hydrogens (tertiary/aromatic N) is 2. The van der Waals surface area contributed by atoms with Crippen molar-refractivity contribution in [2.45, 2.75) is 25.9 Å². The molecule has 8 nitrogen and oxygen atoms in total. The predicted molar refractivity (Wildman–Crippen MR) is 98.6 cm³/mol. The molecule has 1 aromatic carbocycles. The van der Waals surface area contributed by atoms with E-state index in [9.17, 15) is 18.0 Å². The Balaban J connectivity index is 2.26. The number of benzene rings is 1. The van der Waals surface area contributed by atoms with Gasteiger partial charge in [0, 0.05) is 0 Å². The van der Waals surface area contributed by atoms with Crippen molar-refractivity contribution in [2.24, 2.45) is 0 Å². The Morgan fingerprint density at radius 1 is 1.24 bits per heavy atom. The number of nitrogen functional groups attached to an aromatic ring is 2. The van der Waals surface area contributed by atoms with Crippen LogP contribution in [0.1, 0.15) is 36.5 Å². The number of halogens is 3. The third kappa shape index (κ3) is 3.89. The van der Waals surface area contributed by atoms with Crippen LogP contribution in [0, 0.1) is 0 Å². The van der Waals surface area contributed by atoms with E-state index in [1.807, 2.05) is 0 Å². The van der Waals surface area contributed by atoms with Crippen molar-refractivity contribution in [3.63, 3.8) is 0 Å². The second-order valence-corrected chi connectivity index (χ2v) is 6.15. The molecular formula is C18H18F3N5O3. The van der Waals surface area contributed by atoms with Crippen LogP contribution < -0.4 is 16.8 Å². The van der Waals surface area contributed by atoms with Crippen molar-refractivity contribution < 1.29 is 27.4 Å². The monoisotopic (exact) mass is 409 g/mol. The average molecular weight is 409 g/mol. The lowest BCUT2D eigenvalue weighted by Gasteiger charge is -2.31. The molecular weight excluding hydrogens is 391 g/mol. The van der Waals surface area contributed by atoms with Crippen molar-refractivity contribution in [1.82, 2.24) is 9.97 Å². The van der Waals surface area contributed by atoms with Gasteiger partial charge in [-0.2, -0.15) is 23.1 Å². The molecule has 2 heterocycles. The summed E-state index contributed by atoms with van der Waals surface area (Å²) in [5.74, 6) is -1.48. The van der Waals surface area contributed by atoms with Crippen LogP contribution in [0.15, 0.2) is 35.7 Å². The van der Waals surface area contributed by atoms with Gasteiger partial charge in [-0.05, 0) is 25.5 Å². The molecule has 2 aromatic rings. The fourth-order valence-corrected chi connectivity index (χ4v) is 3.15. The number of nitrogens with one attached hydrogen (secondary N) is 1. The SMILES string of the molecule is CCOC(=O)OC1=C(C)Nc2nc(N)nc(N)c2C1c1ccccc1C(F)(F)F. The Labute approximate surface area is 163 Å². The van der Waals surface area contributed by atoms with Crippen LogP contribution in [0.5, 0.6) is 0 Å². The van der Waals surface area contributed by atoms with Gasteiger partial charge in [0.2, 0.25) is 5.95 Å². The second kappa shape index (κ2) is 7.49. The number of nitrogens with two attached hydrogens (primary N) is 2. The summed E-state index contributed by atoms with van der Waals surface area (Å²) in [6.07, 6.45) is -5.72. The average Bonchev–Trinajstić information content (AvgIpc) is 2.62. The van der Waals surface area contributed by atoms with Gasteiger partial charge in [0.25, 0.3) is 0 Å². The number of rotatable bonds is 3. The van der Waals surface area contributed by atoms with Gasteiger partial charge in [0.05, 0.1) is 29.3 Å². The van der Waals surface area contributed by atoms with Crippen LogP contribution in [-0.4, -0.2) is 22.7 Å². The van der Waals surface area contributed by atoms with E-state index in [0.717, 1.165) is 6.07 Å². The molecule has 3 rings (SSSR count). The van der Waals surface area contributed by atoms with Crippen molar-refractivity contribution in [2.75, 3.05) is 23.4 Å². The highest BCUT2D eigenvalue weighted by Crippen LogP contribution is 2.47. The summed E-state index contributed by atoms with van der Waals surface area (Å²) >= 11 is 0. The van der Waals surface area contributed by atoms with E-state index in [-0.39, 0.29) is 46.8 Å². The van der Waals surface area contributed by atoms with Gasteiger partial charge < -0.3 is 26.3 Å². The molecule has 0 radical (unpaired) electrons. The molecule has 154 valence electrons. The highest BCUT2D eigenvalue weighted by atomic mass is 19.4. The lowest BCUT2D eigenvalue weighted by atomic mass is 9.84. The van der Waals surface area contributed by atoms with Crippen molar-refractivity contribution in [3.8, 4) is 0 Å². The van der Waals surface area contributed by atoms with E-state index in [4.69, 9.17) is 20.9 Å². The molecule has 0 saturated heterocycles. The summed E-state index contributed by atoms with van der Waals surface area (Å²) < 4.78 is 51.2. The lowest BCUT2D eigenvalue weighted by molar-refractivity contribution is -0.138. The molecule has 1 aliphatic heterocycles. The zero-order valence-corrected chi connectivity index (χ0v) is 15.5. The summed E-state index contributed by atoms with van der Waals surface area (Å²) in [7, 11) is 0. The van der Waals surface area contributed by atoms with Crippen LogP contribution in [-0.2, 0) is 15.7 Å². The molecule has 1 aromatic heterocycles. The smallest absolute Gasteiger partial charge is 0.434 e. The van der Waals surface area contributed by atoms with Crippen molar-refractivity contribution >= 4 is 23.7 Å². The number of allylic oxidation sites excluding steroid dienone is 2. The van der Waals surface area contributed by atoms with Gasteiger partial charge in [-0.3, -0.25) is 0 Å². The maximum absolute atomic E-state index is 13.7. The van der Waals surface area contributed by atoms with E-state index < -0.39 is 23.8 Å². The Morgan fingerprint density at radius 3 is 2.59 bits per heavy atom. The fraction of sp³-hybridized carbons (Fsp3) is 0.278. The summed E-state index contributed by atoms with van der Waals surface area (Å²) in [6, 6.07) is 4.92. The number of fused-ring (bicyclic) bond motifs is 1. The highest BCUT2D eigenvalue weighted by Gasteiger charge is 2.41. The molecule has 0 spiro atoms. The number of aromatic nitrogens is 2. The molecule has 1 atom stereocenters. The van der Waals surface area contributed by atoms with Crippen LogP contribution in [0.3, 0.4) is 0 Å². The maximum Gasteiger partial charge on any atom is 0.513 e. The first kappa shape index (κ1) is 20.2. The molecule has 29 heavy (non-hydrogen) atoms. The molecule has 0 aliphatic carbocycles. The Kier molecular flexibility index (Phi) is 5.23. The van der Waals surface area contributed by atoms with Gasteiger partial charge in [-0.1, -0.05) is 18.2 Å². The number of hydrogen-bond donors (Lipinski definition) is 3. The first-order chi connectivity index (χ1) is 13.6. The van der Waals surface area contributed by atoms with Gasteiger partial charge in [-0.25, -0.2) is 4.79 Å². The number of hydrogen-bond acceptors (Lipinski definition) is 8. The van der Waals surface area contributed by atoms with E-state index >= 15 is 0 Å². The number of anilines is 3. The molecule has 1 unspecified atom stereocenters. The first-order valence-electron chi connectivity index (χ1n) is 8.54. The van der Waals surface area contributed by atoms with Gasteiger partial charge in [0.1, 0.15) is 17.4 Å². The second-order valence-electron chi connectivity index (χ2n) is 6.15. The van der Waals surface area contributed by atoms with Gasteiger partial charge in [0.15, 0.2) is 0 Å². The minimum atomic E-state index is -4.66. The molecule has 11 heteroatoms. The standard InChI is InChI=1S/C18H18F3N5O3/c1-3-28-17(27)29-13-8(2)24-15-12(14(22)25-16(23)26-15)11(13)9-6-4-5-7-10(9)18(19,20)21/h4-7,11H,3H2,1-2H3,(H5,22,23,24,25,26). The first-order valence-corrected chi connectivity index (χ1v) is 8.54. The van der Waals surface area contributed by atoms with Gasteiger partial charge >= 0.3 is 12.3 Å². The Hall–Kier alpha value is -3.50. The quantitative estimate of drug-likeness (QED) is 0.657. The number of carbonyl (C=O) groups excluding carboxylic acids is 1. The number of alkyl halides is 3. The number of carbonyl (C=O) groups is 1. The summed E-state index contributed by atoms with van der Waals surface area (Å²) in [4.78, 5) is 19.8. The third-order valence-corrected chi connectivity index (χ3v) is 4.25. The number of ether oxygens (including phenoxy) is 2. The minimum absolute atomic E-state index is 0.0285. The molecule has 0 fully saturated rings. The normalized spacial score (nSPS) is 16.1. The van der Waals surface area contributed by atoms with Gasteiger partial charge in [-0.15, -0.1) is 0 Å². The highest BCUT2D eigenvalue weighted by molar-refractivity contribution is 5.71. The summed E-state index contributed by atoms with van der Waals surface area (Å²) in [6.45, 7) is 3.12. The summed E-state index contributed by atoms with van der Waals surface area (Å²) in [5, 5.41) is 2.85. The Bertz CT molecular complexity index is 991. The molecule has 5 N–H and O–H groups in total. The van der Waals surface area contributed by atoms with Crippen LogP contribution >= 0.6 is 0 Å². The fourth-order valence-electron chi connectivity index (χ4n) is 3.15. The molecule has 1 aliphatic rings. The van der Waals surface area contributed by atoms with Crippen LogP contribution in [0.25, 0.3) is 0 Å². The van der Waals surface area contributed by atoms with E-state index in [1.54, 1.807) is 6.92 Å². The maximum atomic E-state index is 13.7. The van der Waals surface area contributed by atoms with Crippen LogP contribution in [0.2, 0.25) is 0 Å². The minimum Gasteiger partial charge on any atom is -0.434 e. The van der Waals surface area contributed by atoms with Crippen molar-refractivity contribution in [3.05, 3.63) is 52.4 Å². The molecule has 0 saturated carbocycles. The molecule has 0 bridgehead atoms. The largest absolute Gasteiger partial charge is 0.513 e. The topological polar surface area (TPSA) is 125 Å². The van der Waals surface area contributed by atoms with Crippen LogP contribution in [0.4, 0.5) is 35.5 Å².